The zero-order valence-electron chi connectivity index (χ0n) is 18.5. The highest BCUT2D eigenvalue weighted by molar-refractivity contribution is 5.98. The van der Waals surface area contributed by atoms with Crippen LogP contribution in [0.3, 0.4) is 0 Å². The van der Waals surface area contributed by atoms with Gasteiger partial charge < -0.3 is 10.2 Å². The largest absolute Gasteiger partial charge is 0.417 e. The average molecular weight is 468 g/mol. The molecule has 0 spiro atoms. The molecule has 34 heavy (non-hydrogen) atoms. The van der Waals surface area contributed by atoms with Crippen molar-refractivity contribution in [3.8, 4) is 11.4 Å². The zero-order chi connectivity index (χ0) is 23.9. The molecule has 1 saturated carbocycles. The molecule has 3 fully saturated rings. The first-order chi connectivity index (χ1) is 16.3. The van der Waals surface area contributed by atoms with Gasteiger partial charge in [0.1, 0.15) is 11.5 Å². The molecule has 1 unspecified atom stereocenters. The van der Waals surface area contributed by atoms with Gasteiger partial charge in [-0.25, -0.2) is 19.9 Å². The number of carbonyl (C=O) groups excluding carboxylic acids is 1. The third-order valence-corrected chi connectivity index (χ3v) is 6.56. The maximum Gasteiger partial charge on any atom is 0.417 e. The maximum atomic E-state index is 13.7. The normalized spacial score (nSPS) is 21.6. The van der Waals surface area contributed by atoms with Crippen LogP contribution in [-0.2, 0) is 6.18 Å². The van der Waals surface area contributed by atoms with Crippen LogP contribution in [-0.4, -0.2) is 49.9 Å². The second-order valence-electron chi connectivity index (χ2n) is 8.85. The lowest BCUT2D eigenvalue weighted by Crippen LogP contribution is -2.60. The molecule has 10 heteroatoms. The highest BCUT2D eigenvalue weighted by Crippen LogP contribution is 2.44. The summed E-state index contributed by atoms with van der Waals surface area (Å²) >= 11 is 0. The number of fused-ring (bicyclic) bond motifs is 2. The fourth-order valence-corrected chi connectivity index (χ4v) is 4.78. The van der Waals surface area contributed by atoms with E-state index in [1.54, 1.807) is 18.5 Å². The number of aryl methyl sites for hydroxylation is 1. The summed E-state index contributed by atoms with van der Waals surface area (Å²) in [6.45, 7) is 2.84. The van der Waals surface area contributed by atoms with E-state index in [-0.39, 0.29) is 11.9 Å². The summed E-state index contributed by atoms with van der Waals surface area (Å²) in [5.41, 5.74) is 0.807. The Morgan fingerprint density at radius 2 is 1.88 bits per heavy atom. The van der Waals surface area contributed by atoms with E-state index in [0.717, 1.165) is 25.1 Å². The molecule has 7 nitrogen and oxygen atoms in total. The van der Waals surface area contributed by atoms with E-state index < -0.39 is 11.7 Å². The van der Waals surface area contributed by atoms with Crippen LogP contribution in [0.5, 0.6) is 0 Å². The molecule has 2 aliphatic heterocycles. The van der Waals surface area contributed by atoms with Gasteiger partial charge in [0.15, 0.2) is 5.82 Å². The van der Waals surface area contributed by atoms with Gasteiger partial charge in [-0.2, -0.15) is 13.2 Å². The molecule has 6 rings (SSSR count). The van der Waals surface area contributed by atoms with Crippen molar-refractivity contribution in [3.05, 3.63) is 65.9 Å². The third kappa shape index (κ3) is 4.32. The van der Waals surface area contributed by atoms with E-state index in [9.17, 15) is 18.0 Å². The number of nitrogens with one attached hydrogen (secondary N) is 1. The first kappa shape index (κ1) is 22.2. The fourth-order valence-electron chi connectivity index (χ4n) is 4.78. The van der Waals surface area contributed by atoms with Crippen molar-refractivity contribution >= 4 is 11.7 Å². The third-order valence-electron chi connectivity index (χ3n) is 6.56. The summed E-state index contributed by atoms with van der Waals surface area (Å²) in [4.78, 5) is 32.6. The Hall–Kier alpha value is -3.56. The highest BCUT2D eigenvalue weighted by atomic mass is 19.4. The number of hydrogen-bond donors (Lipinski definition) is 1. The Bertz CT molecular complexity index is 1180. The summed E-state index contributed by atoms with van der Waals surface area (Å²) in [6, 6.07) is 7.55. The Labute approximate surface area is 194 Å². The quantitative estimate of drug-likeness (QED) is 0.604. The van der Waals surface area contributed by atoms with Gasteiger partial charge >= 0.3 is 6.18 Å². The molecule has 3 aromatic heterocycles. The van der Waals surface area contributed by atoms with Crippen LogP contribution in [0.15, 0.2) is 48.9 Å². The number of hydrogen-bond acceptors (Lipinski definition) is 6. The number of halogens is 3. The van der Waals surface area contributed by atoms with Crippen molar-refractivity contribution in [2.24, 2.45) is 11.8 Å². The molecule has 176 valence electrons. The molecule has 1 aliphatic carbocycles. The van der Waals surface area contributed by atoms with Crippen LogP contribution in [0.1, 0.15) is 34.6 Å². The van der Waals surface area contributed by atoms with E-state index in [1.807, 2.05) is 24.0 Å². The van der Waals surface area contributed by atoms with Gasteiger partial charge in [-0.15, -0.1) is 0 Å². The molecule has 5 heterocycles. The number of anilines is 1. The van der Waals surface area contributed by atoms with Gasteiger partial charge in [-0.3, -0.25) is 4.79 Å². The Morgan fingerprint density at radius 3 is 2.56 bits per heavy atom. The Kier molecular flexibility index (Phi) is 5.66. The van der Waals surface area contributed by atoms with Crippen LogP contribution in [0.2, 0.25) is 0 Å². The summed E-state index contributed by atoms with van der Waals surface area (Å²) in [5, 5.41) is 3.12. The smallest absolute Gasteiger partial charge is 0.368 e. The van der Waals surface area contributed by atoms with Crippen molar-refractivity contribution < 1.29 is 18.0 Å². The summed E-state index contributed by atoms with van der Waals surface area (Å²) in [6.07, 6.45) is 1.69. The molecule has 0 radical (unpaired) electrons. The molecule has 0 aromatic carbocycles. The monoisotopic (exact) mass is 468 g/mol. The molecule has 2 saturated heterocycles. The van der Waals surface area contributed by atoms with Crippen molar-refractivity contribution in [1.29, 1.82) is 0 Å². The molecule has 1 N–H and O–H groups in total. The van der Waals surface area contributed by atoms with E-state index in [4.69, 9.17) is 0 Å². The highest BCUT2D eigenvalue weighted by Gasteiger charge is 2.46. The van der Waals surface area contributed by atoms with Crippen molar-refractivity contribution in [3.63, 3.8) is 0 Å². The minimum absolute atomic E-state index is 0.117. The van der Waals surface area contributed by atoms with E-state index >= 15 is 0 Å². The summed E-state index contributed by atoms with van der Waals surface area (Å²) < 4.78 is 38.5. The minimum atomic E-state index is -4.43. The molecule has 1 amide bonds. The van der Waals surface area contributed by atoms with Crippen LogP contribution in [0.25, 0.3) is 11.4 Å². The van der Waals surface area contributed by atoms with E-state index in [1.165, 1.54) is 6.07 Å². The lowest BCUT2D eigenvalue weighted by Gasteiger charge is -2.53. The number of aromatic nitrogens is 4. The SMILES string of the molecule is Cc1ccc(-c2ncccn2)c(C(=O)N2CC3CC(C3)C2CNc2ccc(C(F)(F)F)cn2)n1. The van der Waals surface area contributed by atoms with Gasteiger partial charge in [0.05, 0.1) is 17.2 Å². The van der Waals surface area contributed by atoms with Gasteiger partial charge in [0.2, 0.25) is 0 Å². The van der Waals surface area contributed by atoms with E-state index in [0.29, 0.717) is 53.5 Å². The zero-order valence-corrected chi connectivity index (χ0v) is 18.5. The summed E-state index contributed by atoms with van der Waals surface area (Å²) in [7, 11) is 0. The number of rotatable bonds is 5. The second-order valence-corrected chi connectivity index (χ2v) is 8.85. The Morgan fingerprint density at radius 1 is 1.12 bits per heavy atom. The van der Waals surface area contributed by atoms with Crippen molar-refractivity contribution in [2.45, 2.75) is 32.0 Å². The predicted octanol–water partition coefficient (Wildman–Crippen LogP) is 4.22. The maximum absolute atomic E-state index is 13.7. The number of carbonyl (C=O) groups is 1. The van der Waals surface area contributed by atoms with Crippen LogP contribution in [0.4, 0.5) is 19.0 Å². The molecular formula is C24H23F3N6O. The second kappa shape index (κ2) is 8.66. The first-order valence-corrected chi connectivity index (χ1v) is 11.1. The van der Waals surface area contributed by atoms with Crippen LogP contribution in [0, 0.1) is 18.8 Å². The van der Waals surface area contributed by atoms with Gasteiger partial charge in [0, 0.05) is 37.4 Å². The average Bonchev–Trinajstić information content (AvgIpc) is 2.82. The van der Waals surface area contributed by atoms with Crippen molar-refractivity contribution in [2.75, 3.05) is 18.4 Å². The van der Waals surface area contributed by atoms with Gasteiger partial charge in [-0.05, 0) is 61.9 Å². The Balaban J connectivity index is 1.38. The van der Waals surface area contributed by atoms with Crippen LogP contribution >= 0.6 is 0 Å². The minimum Gasteiger partial charge on any atom is -0.368 e. The first-order valence-electron chi connectivity index (χ1n) is 11.1. The van der Waals surface area contributed by atoms with Gasteiger partial charge in [0.25, 0.3) is 5.91 Å². The number of alkyl halides is 3. The standard InChI is InChI=1S/C24H23F3N6O/c1-14-3-5-18(22-28-7-2-8-29-22)21(32-14)23(34)33-13-15-9-16(10-15)19(33)12-31-20-6-4-17(11-30-20)24(25,26)27/h2-8,11,15-16,19H,9-10,12-13H2,1H3,(H,30,31). The molecule has 1 atom stereocenters. The van der Waals surface area contributed by atoms with Gasteiger partial charge in [-0.1, -0.05) is 0 Å². The van der Waals surface area contributed by atoms with E-state index in [2.05, 4.69) is 25.3 Å². The number of amides is 1. The topological polar surface area (TPSA) is 83.9 Å². The molecule has 2 bridgehead atoms. The fraction of sp³-hybridized carbons (Fsp3) is 0.375. The molecule has 3 aromatic rings. The lowest BCUT2D eigenvalue weighted by atomic mass is 9.66. The lowest BCUT2D eigenvalue weighted by molar-refractivity contribution is -0.137. The predicted molar refractivity (Wildman–Crippen MR) is 119 cm³/mol. The van der Waals surface area contributed by atoms with Crippen molar-refractivity contribution in [1.82, 2.24) is 24.8 Å². The number of piperidine rings is 2. The molecule has 3 aliphatic rings. The van der Waals surface area contributed by atoms with Crippen LogP contribution < -0.4 is 5.32 Å². The molecular weight excluding hydrogens is 445 g/mol. The number of nitrogens with zero attached hydrogens (tertiary/aromatic N) is 5. The number of pyridine rings is 2. The summed E-state index contributed by atoms with van der Waals surface area (Å²) in [5.74, 6) is 1.37.